The maximum absolute atomic E-state index is 11.4. The van der Waals surface area contributed by atoms with E-state index >= 15 is 0 Å². The van der Waals surface area contributed by atoms with Gasteiger partial charge in [-0.3, -0.25) is 4.79 Å². The second-order valence-electron chi connectivity index (χ2n) is 3.56. The fourth-order valence-corrected chi connectivity index (χ4v) is 1.46. The van der Waals surface area contributed by atoms with Crippen molar-refractivity contribution in [2.75, 3.05) is 0 Å². The maximum Gasteiger partial charge on any atom is 0.256 e. The van der Waals surface area contributed by atoms with Gasteiger partial charge in [0, 0.05) is 0 Å². The third-order valence-electron chi connectivity index (χ3n) is 2.33. The van der Waals surface area contributed by atoms with Crippen LogP contribution in [0.3, 0.4) is 0 Å². The van der Waals surface area contributed by atoms with Gasteiger partial charge in [-0.05, 0) is 25.5 Å². The van der Waals surface area contributed by atoms with Crippen LogP contribution in [0.2, 0.25) is 0 Å². The number of benzene rings is 1. The van der Waals surface area contributed by atoms with Gasteiger partial charge < -0.3 is 0 Å². The molecule has 0 aromatic heterocycles. The first-order valence-corrected chi connectivity index (χ1v) is 3.98. The van der Waals surface area contributed by atoms with E-state index in [9.17, 15) is 4.79 Å². The number of amides is 1. The van der Waals surface area contributed by atoms with E-state index in [-0.39, 0.29) is 5.91 Å². The zero-order valence-corrected chi connectivity index (χ0v) is 7.16. The molecule has 0 N–H and O–H groups in total. The van der Waals surface area contributed by atoms with Crippen molar-refractivity contribution in [2.45, 2.75) is 19.3 Å². The highest BCUT2D eigenvalue weighted by Gasteiger charge is 2.39. The molecule has 0 spiro atoms. The minimum Gasteiger partial charge on any atom is -0.272 e. The molecule has 0 saturated carbocycles. The van der Waals surface area contributed by atoms with Gasteiger partial charge in [0.2, 0.25) is 0 Å². The van der Waals surface area contributed by atoms with Gasteiger partial charge in [0.1, 0.15) is 0 Å². The molecular formula is C10H10NO. The summed E-state index contributed by atoms with van der Waals surface area (Å²) in [6.07, 6.45) is 0. The van der Waals surface area contributed by atoms with Gasteiger partial charge in [-0.15, -0.1) is 0 Å². The van der Waals surface area contributed by atoms with Crippen LogP contribution in [-0.2, 0) is 10.2 Å². The molecule has 1 aliphatic heterocycles. The summed E-state index contributed by atoms with van der Waals surface area (Å²) < 4.78 is 0. The van der Waals surface area contributed by atoms with Gasteiger partial charge in [0.25, 0.3) is 5.91 Å². The molecule has 0 atom stereocenters. The van der Waals surface area contributed by atoms with Crippen molar-refractivity contribution < 1.29 is 4.79 Å². The van der Waals surface area contributed by atoms with Crippen molar-refractivity contribution in [1.82, 2.24) is 5.32 Å². The Morgan fingerprint density at radius 2 is 1.92 bits per heavy atom. The number of carbonyl (C=O) groups is 1. The summed E-state index contributed by atoms with van der Waals surface area (Å²) in [5, 5.41) is 3.97. The van der Waals surface area contributed by atoms with E-state index in [1.807, 2.05) is 38.1 Å². The second kappa shape index (κ2) is 2.09. The first-order valence-electron chi connectivity index (χ1n) is 3.98. The Kier molecular flexibility index (Phi) is 1.28. The largest absolute Gasteiger partial charge is 0.272 e. The summed E-state index contributed by atoms with van der Waals surface area (Å²) >= 11 is 0. The molecule has 12 heavy (non-hydrogen) atoms. The fraction of sp³-hybridized carbons (Fsp3) is 0.300. The van der Waals surface area contributed by atoms with Crippen molar-refractivity contribution in [1.29, 1.82) is 0 Å². The Labute approximate surface area is 71.6 Å². The molecule has 1 amide bonds. The predicted octanol–water partition coefficient (Wildman–Crippen LogP) is 1.74. The van der Waals surface area contributed by atoms with Crippen LogP contribution in [0.1, 0.15) is 19.4 Å². The van der Waals surface area contributed by atoms with Gasteiger partial charge >= 0.3 is 0 Å². The highest BCUT2D eigenvalue weighted by Crippen LogP contribution is 2.36. The molecule has 0 unspecified atom stereocenters. The highest BCUT2D eigenvalue weighted by molar-refractivity contribution is 5.97. The molecule has 1 heterocycles. The third-order valence-corrected chi connectivity index (χ3v) is 2.33. The molecule has 0 fully saturated rings. The minimum atomic E-state index is -0.420. The lowest BCUT2D eigenvalue weighted by molar-refractivity contribution is -0.123. The molecule has 0 saturated heterocycles. The van der Waals surface area contributed by atoms with Crippen LogP contribution in [0.5, 0.6) is 0 Å². The standard InChI is InChI=1S/C10H10NO/c1-10(2)7-5-3-4-6-8(7)11-9(10)12/h3-6H,1-2H3. The number of hydrogen-bond donors (Lipinski definition) is 0. The lowest BCUT2D eigenvalue weighted by atomic mass is 9.86. The van der Waals surface area contributed by atoms with Crippen LogP contribution < -0.4 is 5.32 Å². The molecule has 1 aromatic carbocycles. The summed E-state index contributed by atoms with van der Waals surface area (Å²) in [5.74, 6) is -0.0382. The van der Waals surface area contributed by atoms with E-state index in [0.29, 0.717) is 0 Å². The van der Waals surface area contributed by atoms with Crippen LogP contribution in [0.4, 0.5) is 5.69 Å². The summed E-state index contributed by atoms with van der Waals surface area (Å²) in [7, 11) is 0. The smallest absolute Gasteiger partial charge is 0.256 e. The summed E-state index contributed by atoms with van der Waals surface area (Å²) in [5.41, 5.74) is 1.44. The number of para-hydroxylation sites is 1. The van der Waals surface area contributed by atoms with Crippen LogP contribution >= 0.6 is 0 Å². The first kappa shape index (κ1) is 7.35. The number of fused-ring (bicyclic) bond motifs is 1. The second-order valence-corrected chi connectivity index (χ2v) is 3.56. The lowest BCUT2D eigenvalue weighted by Gasteiger charge is -2.13. The lowest BCUT2D eigenvalue weighted by Crippen LogP contribution is -2.26. The van der Waals surface area contributed by atoms with Crippen molar-refractivity contribution in [2.24, 2.45) is 0 Å². The molecular weight excluding hydrogens is 150 g/mol. The van der Waals surface area contributed by atoms with Crippen molar-refractivity contribution in [3.05, 3.63) is 29.8 Å². The van der Waals surface area contributed by atoms with Gasteiger partial charge in [-0.2, -0.15) is 0 Å². The molecule has 2 heteroatoms. The molecule has 1 aromatic rings. The van der Waals surface area contributed by atoms with Crippen molar-refractivity contribution in [3.8, 4) is 0 Å². The van der Waals surface area contributed by atoms with E-state index in [4.69, 9.17) is 0 Å². The summed E-state index contributed by atoms with van der Waals surface area (Å²) in [4.78, 5) is 11.4. The van der Waals surface area contributed by atoms with Crippen LogP contribution in [0.15, 0.2) is 24.3 Å². The number of hydrogen-bond acceptors (Lipinski definition) is 1. The average Bonchev–Trinajstić information content (AvgIpc) is 2.25. The fourth-order valence-electron chi connectivity index (χ4n) is 1.46. The molecule has 1 radical (unpaired) electrons. The van der Waals surface area contributed by atoms with Gasteiger partial charge in [-0.1, -0.05) is 18.2 Å². The Morgan fingerprint density at radius 1 is 1.25 bits per heavy atom. The molecule has 1 aliphatic rings. The number of rotatable bonds is 0. The zero-order chi connectivity index (χ0) is 8.77. The van der Waals surface area contributed by atoms with Crippen molar-refractivity contribution in [3.63, 3.8) is 0 Å². The van der Waals surface area contributed by atoms with E-state index in [2.05, 4.69) is 5.32 Å². The van der Waals surface area contributed by atoms with Crippen LogP contribution in [0, 0.1) is 0 Å². The van der Waals surface area contributed by atoms with Crippen molar-refractivity contribution >= 4 is 11.6 Å². The van der Waals surface area contributed by atoms with Gasteiger partial charge in [-0.25, -0.2) is 5.32 Å². The Hall–Kier alpha value is -1.31. The topological polar surface area (TPSA) is 31.2 Å². The Bertz CT molecular complexity index is 341. The Balaban J connectivity index is 2.63. The average molecular weight is 160 g/mol. The van der Waals surface area contributed by atoms with Crippen LogP contribution in [-0.4, -0.2) is 5.91 Å². The summed E-state index contributed by atoms with van der Waals surface area (Å²) in [6.45, 7) is 3.81. The monoisotopic (exact) mass is 160 g/mol. The normalized spacial score (nSPS) is 18.7. The predicted molar refractivity (Wildman–Crippen MR) is 46.3 cm³/mol. The molecule has 2 rings (SSSR count). The molecule has 0 aliphatic carbocycles. The third kappa shape index (κ3) is 0.779. The zero-order valence-electron chi connectivity index (χ0n) is 7.16. The highest BCUT2D eigenvalue weighted by atomic mass is 16.2. The van der Waals surface area contributed by atoms with E-state index in [1.54, 1.807) is 0 Å². The minimum absolute atomic E-state index is 0.0382. The van der Waals surface area contributed by atoms with Gasteiger partial charge in [0.15, 0.2) is 0 Å². The van der Waals surface area contributed by atoms with Crippen LogP contribution in [0.25, 0.3) is 0 Å². The van der Waals surface area contributed by atoms with E-state index < -0.39 is 5.41 Å². The van der Waals surface area contributed by atoms with E-state index in [1.165, 1.54) is 0 Å². The molecule has 61 valence electrons. The number of carbonyl (C=O) groups excluding carboxylic acids is 1. The molecule has 0 bridgehead atoms. The SMILES string of the molecule is CC1(C)C(=O)[N]c2ccccc21. The Morgan fingerprint density at radius 3 is 2.58 bits per heavy atom. The maximum atomic E-state index is 11.4. The molecule has 2 nitrogen and oxygen atoms in total. The quantitative estimate of drug-likeness (QED) is 0.568. The number of nitrogens with zero attached hydrogens (tertiary/aromatic N) is 1. The first-order chi connectivity index (χ1) is 5.62. The summed E-state index contributed by atoms with van der Waals surface area (Å²) in [6, 6.07) is 7.68. The van der Waals surface area contributed by atoms with Gasteiger partial charge in [0.05, 0.1) is 11.1 Å². The van der Waals surface area contributed by atoms with E-state index in [0.717, 1.165) is 11.3 Å².